The summed E-state index contributed by atoms with van der Waals surface area (Å²) >= 11 is 0. The van der Waals surface area contributed by atoms with Crippen LogP contribution in [0.1, 0.15) is 33.1 Å². The Balaban J connectivity index is 2.25. The van der Waals surface area contributed by atoms with Crippen LogP contribution in [0.25, 0.3) is 0 Å². The lowest BCUT2D eigenvalue weighted by Crippen LogP contribution is -2.33. The summed E-state index contributed by atoms with van der Waals surface area (Å²) in [5, 5.41) is 0. The topological polar surface area (TPSA) is 52.3 Å². The molecule has 1 aliphatic heterocycles. The standard InChI is InChI=1S/C10H19NO2/c1-10(2,11)5-3-9(12)8-4-6-13-7-8/h8H,3-7,11H2,1-2H3. The molecule has 0 aromatic rings. The average Bonchev–Trinajstić information content (AvgIpc) is 2.50. The number of ketones is 1. The first-order valence-electron chi connectivity index (χ1n) is 4.88. The lowest BCUT2D eigenvalue weighted by atomic mass is 9.93. The third-order valence-corrected chi connectivity index (χ3v) is 2.40. The first kappa shape index (κ1) is 10.7. The fourth-order valence-electron chi connectivity index (χ4n) is 1.44. The normalized spacial score (nSPS) is 23.5. The predicted molar refractivity (Wildman–Crippen MR) is 51.4 cm³/mol. The van der Waals surface area contributed by atoms with E-state index in [0.717, 1.165) is 19.4 Å². The van der Waals surface area contributed by atoms with Crippen molar-refractivity contribution in [1.82, 2.24) is 0 Å². The van der Waals surface area contributed by atoms with Crippen LogP contribution in [0.5, 0.6) is 0 Å². The molecule has 1 fully saturated rings. The molecule has 3 heteroatoms. The van der Waals surface area contributed by atoms with E-state index in [1.165, 1.54) is 0 Å². The number of carbonyl (C=O) groups is 1. The van der Waals surface area contributed by atoms with Crippen LogP contribution in [0.4, 0.5) is 0 Å². The Kier molecular flexibility index (Phi) is 3.45. The van der Waals surface area contributed by atoms with E-state index in [-0.39, 0.29) is 11.5 Å². The van der Waals surface area contributed by atoms with Gasteiger partial charge in [-0.25, -0.2) is 0 Å². The lowest BCUT2D eigenvalue weighted by molar-refractivity contribution is -0.123. The molecule has 0 aliphatic carbocycles. The molecule has 1 atom stereocenters. The molecule has 1 aliphatic rings. The minimum atomic E-state index is -0.227. The highest BCUT2D eigenvalue weighted by atomic mass is 16.5. The molecule has 0 aromatic heterocycles. The van der Waals surface area contributed by atoms with Gasteiger partial charge in [0.05, 0.1) is 6.61 Å². The zero-order chi connectivity index (χ0) is 9.90. The Hall–Kier alpha value is -0.410. The molecule has 1 rings (SSSR count). The van der Waals surface area contributed by atoms with Crippen molar-refractivity contribution in [2.45, 2.75) is 38.6 Å². The van der Waals surface area contributed by atoms with Crippen LogP contribution in [0.3, 0.4) is 0 Å². The quantitative estimate of drug-likeness (QED) is 0.713. The summed E-state index contributed by atoms with van der Waals surface area (Å²) in [4.78, 5) is 11.6. The molecule has 3 nitrogen and oxygen atoms in total. The largest absolute Gasteiger partial charge is 0.381 e. The van der Waals surface area contributed by atoms with Crippen molar-refractivity contribution in [3.63, 3.8) is 0 Å². The Morgan fingerprint density at radius 3 is 2.77 bits per heavy atom. The maximum Gasteiger partial charge on any atom is 0.138 e. The molecule has 76 valence electrons. The molecule has 13 heavy (non-hydrogen) atoms. The van der Waals surface area contributed by atoms with E-state index in [1.807, 2.05) is 13.8 Å². The van der Waals surface area contributed by atoms with Crippen LogP contribution in [0.15, 0.2) is 0 Å². The average molecular weight is 185 g/mol. The van der Waals surface area contributed by atoms with Gasteiger partial charge in [-0.1, -0.05) is 0 Å². The van der Waals surface area contributed by atoms with Crippen molar-refractivity contribution in [1.29, 1.82) is 0 Å². The van der Waals surface area contributed by atoms with Gasteiger partial charge in [-0.15, -0.1) is 0 Å². The van der Waals surface area contributed by atoms with Gasteiger partial charge in [0.2, 0.25) is 0 Å². The van der Waals surface area contributed by atoms with Crippen LogP contribution in [-0.4, -0.2) is 24.5 Å². The van der Waals surface area contributed by atoms with E-state index in [1.54, 1.807) is 0 Å². The Morgan fingerprint density at radius 2 is 2.31 bits per heavy atom. The molecular formula is C10H19NO2. The van der Waals surface area contributed by atoms with Gasteiger partial charge in [0, 0.05) is 24.5 Å². The fourth-order valence-corrected chi connectivity index (χ4v) is 1.44. The number of carbonyl (C=O) groups excluding carboxylic acids is 1. The number of rotatable bonds is 4. The highest BCUT2D eigenvalue weighted by Gasteiger charge is 2.24. The molecule has 1 heterocycles. The minimum absolute atomic E-state index is 0.141. The van der Waals surface area contributed by atoms with Gasteiger partial charge >= 0.3 is 0 Å². The molecule has 0 radical (unpaired) electrons. The molecule has 0 aromatic carbocycles. The van der Waals surface area contributed by atoms with Crippen LogP contribution in [-0.2, 0) is 9.53 Å². The lowest BCUT2D eigenvalue weighted by Gasteiger charge is -2.18. The van der Waals surface area contributed by atoms with Gasteiger partial charge in [-0.3, -0.25) is 4.79 Å². The first-order chi connectivity index (χ1) is 5.99. The van der Waals surface area contributed by atoms with Crippen LogP contribution >= 0.6 is 0 Å². The second kappa shape index (κ2) is 4.20. The SMILES string of the molecule is CC(C)(N)CCC(=O)C1CCOC1. The molecule has 0 spiro atoms. The number of hydrogen-bond donors (Lipinski definition) is 1. The van der Waals surface area contributed by atoms with Crippen molar-refractivity contribution < 1.29 is 9.53 Å². The van der Waals surface area contributed by atoms with Gasteiger partial charge in [-0.2, -0.15) is 0 Å². The maximum absolute atomic E-state index is 11.6. The van der Waals surface area contributed by atoms with Gasteiger partial charge in [0.25, 0.3) is 0 Å². The summed E-state index contributed by atoms with van der Waals surface area (Å²) < 4.78 is 5.16. The minimum Gasteiger partial charge on any atom is -0.381 e. The summed E-state index contributed by atoms with van der Waals surface area (Å²) in [5.41, 5.74) is 5.57. The number of nitrogens with two attached hydrogens (primary N) is 1. The molecule has 0 saturated carbocycles. The Morgan fingerprint density at radius 1 is 1.62 bits per heavy atom. The fraction of sp³-hybridized carbons (Fsp3) is 0.900. The van der Waals surface area contributed by atoms with Crippen LogP contribution < -0.4 is 5.73 Å². The molecule has 0 bridgehead atoms. The third kappa shape index (κ3) is 3.87. The van der Waals surface area contributed by atoms with Gasteiger partial charge in [0.1, 0.15) is 5.78 Å². The molecule has 2 N–H and O–H groups in total. The highest BCUT2D eigenvalue weighted by molar-refractivity contribution is 5.81. The summed E-state index contributed by atoms with van der Waals surface area (Å²) in [5.74, 6) is 0.457. The molecule has 1 saturated heterocycles. The summed E-state index contributed by atoms with van der Waals surface area (Å²) in [6, 6.07) is 0. The van der Waals surface area contributed by atoms with E-state index in [9.17, 15) is 4.79 Å². The summed E-state index contributed by atoms with van der Waals surface area (Å²) in [6.07, 6.45) is 2.25. The van der Waals surface area contributed by atoms with Gasteiger partial charge < -0.3 is 10.5 Å². The van der Waals surface area contributed by atoms with Crippen molar-refractivity contribution >= 4 is 5.78 Å². The zero-order valence-corrected chi connectivity index (χ0v) is 8.51. The second-order valence-corrected chi connectivity index (χ2v) is 4.52. The van der Waals surface area contributed by atoms with E-state index in [2.05, 4.69) is 0 Å². The number of ether oxygens (including phenoxy) is 1. The van der Waals surface area contributed by atoms with Crippen molar-refractivity contribution in [3.05, 3.63) is 0 Å². The summed E-state index contributed by atoms with van der Waals surface area (Å²) in [7, 11) is 0. The van der Waals surface area contributed by atoms with Crippen molar-refractivity contribution in [2.24, 2.45) is 11.7 Å². The van der Waals surface area contributed by atoms with Gasteiger partial charge in [-0.05, 0) is 26.7 Å². The summed E-state index contributed by atoms with van der Waals surface area (Å²) in [6.45, 7) is 5.25. The predicted octanol–water partition coefficient (Wildman–Crippen LogP) is 1.11. The monoisotopic (exact) mass is 185 g/mol. The van der Waals surface area contributed by atoms with E-state index < -0.39 is 0 Å². The highest BCUT2D eigenvalue weighted by Crippen LogP contribution is 2.18. The molecule has 0 amide bonds. The molecule has 1 unspecified atom stereocenters. The van der Waals surface area contributed by atoms with Crippen molar-refractivity contribution in [2.75, 3.05) is 13.2 Å². The van der Waals surface area contributed by atoms with Crippen LogP contribution in [0, 0.1) is 5.92 Å². The maximum atomic E-state index is 11.6. The van der Waals surface area contributed by atoms with Crippen molar-refractivity contribution in [3.8, 4) is 0 Å². The molecular weight excluding hydrogens is 166 g/mol. The third-order valence-electron chi connectivity index (χ3n) is 2.40. The van der Waals surface area contributed by atoms with E-state index in [4.69, 9.17) is 10.5 Å². The van der Waals surface area contributed by atoms with Gasteiger partial charge in [0.15, 0.2) is 0 Å². The number of hydrogen-bond acceptors (Lipinski definition) is 3. The van der Waals surface area contributed by atoms with Crippen LogP contribution in [0.2, 0.25) is 0 Å². The first-order valence-corrected chi connectivity index (χ1v) is 4.88. The van der Waals surface area contributed by atoms with E-state index in [0.29, 0.717) is 18.8 Å². The Bertz CT molecular complexity index is 178. The second-order valence-electron chi connectivity index (χ2n) is 4.52. The zero-order valence-electron chi connectivity index (χ0n) is 8.51. The number of Topliss-reactive ketones (excluding diaryl/α,β-unsaturated/α-hetero) is 1. The smallest absolute Gasteiger partial charge is 0.138 e. The van der Waals surface area contributed by atoms with E-state index >= 15 is 0 Å². The Labute approximate surface area is 79.6 Å².